The highest BCUT2D eigenvalue weighted by Gasteiger charge is 2.53. The Morgan fingerprint density at radius 2 is 0.718 bits per heavy atom. The van der Waals surface area contributed by atoms with Gasteiger partial charge in [-0.2, -0.15) is 13.2 Å². The summed E-state index contributed by atoms with van der Waals surface area (Å²) in [7, 11) is 0. The normalized spacial score (nSPS) is 19.8. The van der Waals surface area contributed by atoms with Crippen LogP contribution in [0.2, 0.25) is 0 Å². The average molecular weight is 1850 g/mol. The molecule has 9 N–H and O–H groups in total. The van der Waals surface area contributed by atoms with Crippen LogP contribution in [-0.4, -0.2) is 260 Å². The van der Waals surface area contributed by atoms with E-state index in [0.717, 1.165) is 22.3 Å². The highest BCUT2D eigenvalue weighted by atomic mass is 19.4. The Morgan fingerprint density at radius 3 is 1.05 bits per heavy atom. The Kier molecular flexibility index (Phi) is 45.5. The lowest BCUT2D eigenvalue weighted by Crippen LogP contribution is -2.59. The van der Waals surface area contributed by atoms with Crippen molar-refractivity contribution in [2.45, 2.75) is 264 Å². The van der Waals surface area contributed by atoms with Crippen molar-refractivity contribution in [3.05, 3.63) is 144 Å². The monoisotopic (exact) mass is 1850 g/mol. The number of Topliss-reactive ketones (excluding diaryl/α,β-unsaturated/α-hetero) is 3. The minimum atomic E-state index is -5.04. The summed E-state index contributed by atoms with van der Waals surface area (Å²) in [5.74, 6) is -6.89. The van der Waals surface area contributed by atoms with Crippen LogP contribution in [0.25, 0.3) is 0 Å². The molecule has 0 unspecified atom stereocenters. The number of carboxylic acids is 1. The number of carboxylic acid groups (broad SMARTS) is 1. The fourth-order valence-corrected chi connectivity index (χ4v) is 14.3. The van der Waals surface area contributed by atoms with Gasteiger partial charge in [0.2, 0.25) is 41.4 Å². The summed E-state index contributed by atoms with van der Waals surface area (Å²) in [5.41, 5.74) is 0.333. The molecule has 0 spiro atoms. The van der Waals surface area contributed by atoms with Gasteiger partial charge in [0.1, 0.15) is 64.7 Å². The summed E-state index contributed by atoms with van der Waals surface area (Å²) in [4.78, 5) is 163. The number of morpholine rings is 2. The molecule has 730 valence electrons. The number of aryl methyl sites for hydroxylation is 2. The van der Waals surface area contributed by atoms with Crippen molar-refractivity contribution in [2.24, 2.45) is 34.6 Å². The highest BCUT2D eigenvalue weighted by molar-refractivity contribution is 6.00. The third-order valence-electron chi connectivity index (χ3n) is 21.7. The van der Waals surface area contributed by atoms with Gasteiger partial charge in [-0.3, -0.25) is 67.4 Å². The van der Waals surface area contributed by atoms with Gasteiger partial charge >= 0.3 is 18.2 Å². The van der Waals surface area contributed by atoms with E-state index >= 15 is 0 Å². The number of aliphatic imine (C=N–C) groups is 1. The molecule has 8 amide bonds. The van der Waals surface area contributed by atoms with Gasteiger partial charge in [-0.1, -0.05) is 191 Å². The molecular formula is C96H142F4N11O20-. The number of epoxide rings is 3. The van der Waals surface area contributed by atoms with E-state index in [4.69, 9.17) is 28.4 Å². The molecule has 0 bridgehead atoms. The van der Waals surface area contributed by atoms with Crippen LogP contribution in [0.4, 0.5) is 22.7 Å². The molecule has 31 nitrogen and oxygen atoms in total. The molecule has 4 aromatic carbocycles. The van der Waals surface area contributed by atoms with E-state index in [0.29, 0.717) is 123 Å². The molecule has 35 heteroatoms. The number of carbonyl (C=O) groups is 12. The second kappa shape index (κ2) is 53.5. The molecule has 0 saturated carbocycles. The van der Waals surface area contributed by atoms with Crippen LogP contribution >= 0.6 is 0 Å². The molecule has 12 atom stereocenters. The number of ether oxygens (including phenoxy) is 6. The Bertz CT molecular complexity index is 4320. The largest absolute Gasteiger partial charge is 0.856 e. The summed E-state index contributed by atoms with van der Waals surface area (Å²) in [6.07, 6.45) is -1.85. The van der Waals surface area contributed by atoms with Gasteiger partial charge in [0.05, 0.1) is 77.3 Å². The first kappa shape index (κ1) is 111. The molecule has 0 radical (unpaired) electrons. The molecule has 0 aromatic heterocycles. The number of alkyl halides is 3. The molecule has 5 fully saturated rings. The third-order valence-corrected chi connectivity index (χ3v) is 21.7. The van der Waals surface area contributed by atoms with Crippen molar-refractivity contribution in [2.75, 3.05) is 85.5 Å². The van der Waals surface area contributed by atoms with Crippen LogP contribution in [0.1, 0.15) is 179 Å². The van der Waals surface area contributed by atoms with Crippen molar-refractivity contribution in [3.63, 3.8) is 0 Å². The van der Waals surface area contributed by atoms with E-state index in [1.165, 1.54) is 6.92 Å². The van der Waals surface area contributed by atoms with E-state index in [-0.39, 0.29) is 92.1 Å². The summed E-state index contributed by atoms with van der Waals surface area (Å²) >= 11 is 0. The zero-order chi connectivity index (χ0) is 96.3. The zero-order valence-corrected chi connectivity index (χ0v) is 78.7. The predicted molar refractivity (Wildman–Crippen MR) is 486 cm³/mol. The molecule has 4 aromatic rings. The number of hydrogen-bond donors (Lipinski definition) is 9. The number of aliphatic carboxylic acids is 1. The first-order valence-corrected chi connectivity index (χ1v) is 45.1. The second-order valence-electron chi connectivity index (χ2n) is 37.5. The molecule has 5 saturated heterocycles. The van der Waals surface area contributed by atoms with Gasteiger partial charge in [-0.05, 0) is 151 Å². The lowest BCUT2D eigenvalue weighted by atomic mass is 9.93. The van der Waals surface area contributed by atoms with E-state index in [1.807, 2.05) is 162 Å². The van der Waals surface area contributed by atoms with Crippen LogP contribution in [-0.2, 0) is 107 Å². The number of benzene rings is 4. The number of carbonyl (C=O) groups excluding carboxylic acids is 11. The van der Waals surface area contributed by atoms with E-state index in [2.05, 4.69) is 47.5 Å². The van der Waals surface area contributed by atoms with E-state index in [1.54, 1.807) is 72.7 Å². The fraction of sp³-hybridized carbons (Fsp3) is 0.615. The molecule has 131 heavy (non-hydrogen) atoms. The summed E-state index contributed by atoms with van der Waals surface area (Å²) in [6, 6.07) is 29.2. The molecule has 9 rings (SSSR count). The van der Waals surface area contributed by atoms with Gasteiger partial charge in [0.15, 0.2) is 17.3 Å². The summed E-state index contributed by atoms with van der Waals surface area (Å²) in [6.45, 7) is 35.4. The van der Waals surface area contributed by atoms with Crippen molar-refractivity contribution >= 4 is 76.7 Å². The first-order valence-electron chi connectivity index (χ1n) is 45.1. The lowest BCUT2D eigenvalue weighted by molar-refractivity contribution is -0.263. The molecule has 0 aliphatic carbocycles. The molecule has 5 heterocycles. The second-order valence-corrected chi connectivity index (χ2v) is 37.5. The molecule has 5 aliphatic heterocycles. The van der Waals surface area contributed by atoms with Crippen molar-refractivity contribution in [1.82, 2.24) is 52.3 Å². The maximum atomic E-state index is 14.1. The Morgan fingerprint density at radius 1 is 0.427 bits per heavy atom. The third kappa shape index (κ3) is 41.7. The van der Waals surface area contributed by atoms with Crippen molar-refractivity contribution in [3.8, 4) is 0 Å². The Hall–Kier alpha value is -10.2. The fourth-order valence-electron chi connectivity index (χ4n) is 14.3. The van der Waals surface area contributed by atoms with Crippen LogP contribution < -0.4 is 47.6 Å². The van der Waals surface area contributed by atoms with Gasteiger partial charge in [0.25, 0.3) is 0 Å². The smallest absolute Gasteiger partial charge is 0.419 e. The first-order chi connectivity index (χ1) is 61.1. The minimum absolute atomic E-state index is 0. The quantitative estimate of drug-likeness (QED) is 0.00872. The van der Waals surface area contributed by atoms with Crippen LogP contribution in [0, 0.1) is 29.6 Å². The Labute approximate surface area is 769 Å². The van der Waals surface area contributed by atoms with Gasteiger partial charge in [-0.15, -0.1) is 0 Å². The number of hydrogen-bond acceptors (Lipinski definition) is 22. The number of alkyl carbamates (subject to hydrolysis) is 1. The van der Waals surface area contributed by atoms with Crippen molar-refractivity contribution < 1.29 is 115 Å². The highest BCUT2D eigenvalue weighted by Crippen LogP contribution is 2.33. The van der Waals surface area contributed by atoms with Crippen LogP contribution in [0.15, 0.2) is 126 Å². The minimum Gasteiger partial charge on any atom is -0.856 e. The Balaban J connectivity index is 0.000000401. The summed E-state index contributed by atoms with van der Waals surface area (Å²) in [5, 5.41) is 43.2. The maximum Gasteiger partial charge on any atom is 0.419 e. The number of nitrogens with one attached hydrogen (secondary N) is 8. The van der Waals surface area contributed by atoms with Gasteiger partial charge in [-0.25, -0.2) is 9.59 Å². The van der Waals surface area contributed by atoms with Crippen LogP contribution in [0.3, 0.4) is 0 Å². The number of ketones is 3. The number of halogens is 4. The van der Waals surface area contributed by atoms with Crippen molar-refractivity contribution in [1.29, 1.82) is 0 Å². The van der Waals surface area contributed by atoms with E-state index in [9.17, 15) is 80.9 Å². The van der Waals surface area contributed by atoms with Gasteiger partial charge < -0.3 is 81.2 Å². The van der Waals surface area contributed by atoms with Gasteiger partial charge in [0, 0.05) is 40.4 Å². The lowest BCUT2D eigenvalue weighted by Gasteiger charge is -2.29. The van der Waals surface area contributed by atoms with E-state index < -0.39 is 136 Å². The van der Waals surface area contributed by atoms with Crippen LogP contribution in [0.5, 0.6) is 0 Å². The predicted octanol–water partition coefficient (Wildman–Crippen LogP) is 8.13. The number of nitrogens with zero attached hydrogens (tertiary/aromatic N) is 3. The SMILES string of the molecule is CC(C)C[C@H](N=C([O-])C(F)(F)F)C(=O)[C@@]1(C)CO1.CC(C)C[C@H](NC(=O)OC(C)(C)C)C(=O)[C@@]1(C)CO1.CC(C)C[C@H](NC(=O)[C@H](CCc1ccccc1)NC(=O)CN1CCOCC1)C(=O)N[C@@H](Cc1ccccc1)C(=O)N[C@@H](CC(C)C)C(=O)[C@@]1(C)CO1.CC(C)C[C@H](NC(=O)[C@H](CCc1ccccc1)NC(=O)CN1CCOCC1)C(=O)N[C@@H](Cc1ccccc1)C(=O)O.F.[HH]. The maximum absolute atomic E-state index is 14.1. The molecular weight excluding hydrogens is 1700 g/mol. The zero-order valence-electron chi connectivity index (χ0n) is 78.7. The molecule has 5 aliphatic rings. The average Bonchev–Trinajstić information content (AvgIpc) is 1.65. The number of rotatable bonds is 45. The standard InChI is InChI=1S/C40H57N5O7.C31H42N4O6.C14H25NO4.C11H16F3NO3.FH.H2/c1-27(2)22-32(36(47)40(5)26-52-40)42-39(50)34(24-30-14-10-7-11-15-30)44-38(49)33(23-28(3)4)43-37(48)31(17-16-29-12-8-6-9-13-29)41-35(46)25-45-18-20-51-21-19-45;1-22(2)19-26(30(38)34-27(31(39)40)20-24-11-7-4-8-12-24)33-29(37)25(14-13-23-9-5-3-6-10-23)32-28(36)21-35-15-17-41-18-16-35;1-9(2)7-10(11(16)14(6)8-18-14)15-12(17)19-13(3,4)5;1-6(2)4-7(8(16)10(3)5-18-10)15-9(17)11(12,13)14;;/h6-15,27-28,31-34H,16-26H2,1-5H3,(H,41,46)(H,42,50)(H,43,48)(H,44,49);3-12,22,25-27H,13-21H2,1-2H3,(H,32,36)(H,33,37)(H,34,38)(H,39,40);9-10H,7-8H2,1-6H3,(H,15,17);6-7H,4-5H2,1-3H3,(H,15,17);2*1H/p-1/t31-,32-,33-,34-,40+;25-,26-,27-;10-,14+;7-,10+;;/m0000../s1. The number of amides is 8. The summed E-state index contributed by atoms with van der Waals surface area (Å²) < 4.78 is 67.8. The topological polar surface area (TPSA) is 428 Å².